The molecule has 0 spiro atoms. The van der Waals surface area contributed by atoms with Crippen molar-refractivity contribution in [3.05, 3.63) is 95.6 Å². The van der Waals surface area contributed by atoms with Crippen LogP contribution in [0.4, 0.5) is 0 Å². The number of phenolic OH excluding ortho intramolecular Hbond substituents is 1. The molecule has 5 nitrogen and oxygen atoms in total. The molecule has 1 aliphatic rings. The Morgan fingerprint density at radius 3 is 2.27 bits per heavy atom. The van der Waals surface area contributed by atoms with Crippen LogP contribution in [0.15, 0.2) is 78.9 Å². The second-order valence-corrected chi connectivity index (χ2v) is 7.09. The highest BCUT2D eigenvalue weighted by Gasteiger charge is 2.25. The Balaban J connectivity index is 1.69. The normalized spacial score (nSPS) is 18.3. The van der Waals surface area contributed by atoms with E-state index in [0.717, 1.165) is 33.9 Å². The Hall–Kier alpha value is -3.44. The van der Waals surface area contributed by atoms with Crippen LogP contribution in [0.1, 0.15) is 35.8 Å². The van der Waals surface area contributed by atoms with Crippen LogP contribution in [0.5, 0.6) is 17.2 Å². The van der Waals surface area contributed by atoms with Crippen molar-refractivity contribution in [1.29, 1.82) is 0 Å². The van der Waals surface area contributed by atoms with E-state index >= 15 is 0 Å². The number of phenols is 1. The lowest BCUT2D eigenvalue weighted by atomic mass is 9.98. The fourth-order valence-electron chi connectivity index (χ4n) is 3.62. The Labute approximate surface area is 177 Å². The molecule has 2 atom stereocenters. The molecule has 3 aromatic carbocycles. The molecule has 1 heterocycles. The molecule has 0 saturated carbocycles. The lowest BCUT2D eigenvalue weighted by molar-refractivity contribution is 0.340. The molecule has 4 rings (SSSR count). The largest absolute Gasteiger partial charge is 0.508 e. The van der Waals surface area contributed by atoms with E-state index in [2.05, 4.69) is 16.7 Å². The van der Waals surface area contributed by atoms with Crippen molar-refractivity contribution in [1.82, 2.24) is 10.6 Å². The van der Waals surface area contributed by atoms with Crippen LogP contribution < -0.4 is 20.1 Å². The Kier molecular flexibility index (Phi) is 5.91. The van der Waals surface area contributed by atoms with Crippen molar-refractivity contribution >= 4 is 5.70 Å². The first-order valence-electron chi connectivity index (χ1n) is 10.1. The lowest BCUT2D eigenvalue weighted by Gasteiger charge is -2.33. The third-order valence-corrected chi connectivity index (χ3v) is 5.18. The fraction of sp³-hybridized carbons (Fsp3) is 0.200. The van der Waals surface area contributed by atoms with Crippen molar-refractivity contribution in [3.8, 4) is 17.2 Å². The van der Waals surface area contributed by atoms with E-state index in [-0.39, 0.29) is 18.0 Å². The number of nitrogens with one attached hydrogen (secondary N) is 2. The molecular weight excluding hydrogens is 376 g/mol. The SMILES string of the molecule is CCOc1ccc(C2=CC(c3ccccc3O)NC(c3ccc(OC)cc3)N2)cc1. The van der Waals surface area contributed by atoms with Gasteiger partial charge in [-0.05, 0) is 66.6 Å². The van der Waals surface area contributed by atoms with Gasteiger partial charge in [-0.15, -0.1) is 0 Å². The minimum absolute atomic E-state index is 0.132. The summed E-state index contributed by atoms with van der Waals surface area (Å²) < 4.78 is 10.9. The van der Waals surface area contributed by atoms with Gasteiger partial charge in [-0.25, -0.2) is 0 Å². The first-order valence-corrected chi connectivity index (χ1v) is 10.1. The predicted octanol–water partition coefficient (Wildman–Crippen LogP) is 4.77. The Morgan fingerprint density at radius 1 is 0.900 bits per heavy atom. The molecule has 3 aromatic rings. The summed E-state index contributed by atoms with van der Waals surface area (Å²) in [6.07, 6.45) is 1.97. The molecule has 0 amide bonds. The molecule has 0 bridgehead atoms. The third-order valence-electron chi connectivity index (χ3n) is 5.18. The number of benzene rings is 3. The average molecular weight is 402 g/mol. The van der Waals surface area contributed by atoms with E-state index in [9.17, 15) is 5.11 Å². The van der Waals surface area contributed by atoms with E-state index in [1.807, 2.05) is 73.7 Å². The van der Waals surface area contributed by atoms with Crippen molar-refractivity contribution in [2.24, 2.45) is 0 Å². The molecule has 154 valence electrons. The zero-order valence-electron chi connectivity index (χ0n) is 17.1. The van der Waals surface area contributed by atoms with Gasteiger partial charge in [0.1, 0.15) is 23.4 Å². The smallest absolute Gasteiger partial charge is 0.120 e. The third kappa shape index (κ3) is 4.26. The van der Waals surface area contributed by atoms with Crippen molar-refractivity contribution in [2.75, 3.05) is 13.7 Å². The molecule has 0 aliphatic carbocycles. The molecule has 1 aliphatic heterocycles. The fourth-order valence-corrected chi connectivity index (χ4v) is 3.62. The van der Waals surface area contributed by atoms with Crippen LogP contribution in [0, 0.1) is 0 Å². The van der Waals surface area contributed by atoms with Gasteiger partial charge in [-0.3, -0.25) is 5.32 Å². The van der Waals surface area contributed by atoms with E-state index in [4.69, 9.17) is 9.47 Å². The summed E-state index contributed by atoms with van der Waals surface area (Å²) in [6, 6.07) is 23.3. The lowest BCUT2D eigenvalue weighted by Crippen LogP contribution is -2.39. The first kappa shape index (κ1) is 19.9. The summed E-state index contributed by atoms with van der Waals surface area (Å²) in [5.74, 6) is 1.93. The topological polar surface area (TPSA) is 62.8 Å². The van der Waals surface area contributed by atoms with E-state index < -0.39 is 0 Å². The maximum absolute atomic E-state index is 10.4. The summed E-state index contributed by atoms with van der Waals surface area (Å²) in [4.78, 5) is 0. The zero-order chi connectivity index (χ0) is 20.9. The van der Waals surface area contributed by atoms with Gasteiger partial charge in [-0.1, -0.05) is 30.3 Å². The van der Waals surface area contributed by atoms with Gasteiger partial charge in [0.25, 0.3) is 0 Å². The minimum Gasteiger partial charge on any atom is -0.508 e. The number of hydrogen-bond acceptors (Lipinski definition) is 5. The number of aromatic hydroxyl groups is 1. The monoisotopic (exact) mass is 402 g/mol. The minimum atomic E-state index is -0.152. The first-order chi connectivity index (χ1) is 14.7. The van der Waals surface area contributed by atoms with Crippen LogP contribution in [0.2, 0.25) is 0 Å². The second kappa shape index (κ2) is 8.93. The molecule has 5 heteroatoms. The summed E-state index contributed by atoms with van der Waals surface area (Å²) in [7, 11) is 1.66. The van der Waals surface area contributed by atoms with E-state index in [0.29, 0.717) is 6.61 Å². The van der Waals surface area contributed by atoms with Crippen LogP contribution in [0.25, 0.3) is 5.70 Å². The highest BCUT2D eigenvalue weighted by atomic mass is 16.5. The standard InChI is InChI=1S/C25H26N2O3/c1-3-30-20-14-8-17(9-15-20)22-16-23(21-6-4-5-7-24(21)28)27-25(26-22)18-10-12-19(29-2)13-11-18/h4-16,23,25-28H,3H2,1-2H3. The zero-order valence-corrected chi connectivity index (χ0v) is 17.1. The van der Waals surface area contributed by atoms with E-state index in [1.54, 1.807) is 13.2 Å². The maximum atomic E-state index is 10.4. The van der Waals surface area contributed by atoms with Gasteiger partial charge in [-0.2, -0.15) is 0 Å². The molecule has 0 radical (unpaired) electrons. The predicted molar refractivity (Wildman–Crippen MR) is 118 cm³/mol. The second-order valence-electron chi connectivity index (χ2n) is 7.09. The van der Waals surface area contributed by atoms with Crippen LogP contribution in [0.3, 0.4) is 0 Å². The number of rotatable bonds is 6. The van der Waals surface area contributed by atoms with Gasteiger partial charge >= 0.3 is 0 Å². The van der Waals surface area contributed by atoms with E-state index in [1.165, 1.54) is 0 Å². The van der Waals surface area contributed by atoms with Crippen LogP contribution in [-0.2, 0) is 0 Å². The number of para-hydroxylation sites is 1. The van der Waals surface area contributed by atoms with Crippen LogP contribution >= 0.6 is 0 Å². The molecule has 30 heavy (non-hydrogen) atoms. The summed E-state index contributed by atoms with van der Waals surface area (Å²) in [5.41, 5.74) is 3.96. The number of hydrogen-bond donors (Lipinski definition) is 3. The molecule has 0 fully saturated rings. The van der Waals surface area contributed by atoms with Crippen molar-refractivity contribution < 1.29 is 14.6 Å². The summed E-state index contributed by atoms with van der Waals surface area (Å²) in [5, 5.41) is 17.6. The summed E-state index contributed by atoms with van der Waals surface area (Å²) >= 11 is 0. The van der Waals surface area contributed by atoms with Gasteiger partial charge < -0.3 is 19.9 Å². The molecular formula is C25H26N2O3. The molecule has 2 unspecified atom stereocenters. The number of ether oxygens (including phenoxy) is 2. The highest BCUT2D eigenvalue weighted by Crippen LogP contribution is 2.33. The summed E-state index contributed by atoms with van der Waals surface area (Å²) in [6.45, 7) is 2.61. The highest BCUT2D eigenvalue weighted by molar-refractivity contribution is 5.67. The Bertz CT molecular complexity index is 1010. The van der Waals surface area contributed by atoms with Crippen molar-refractivity contribution in [3.63, 3.8) is 0 Å². The molecule has 3 N–H and O–H groups in total. The molecule has 0 aromatic heterocycles. The van der Waals surface area contributed by atoms with Gasteiger partial charge in [0.15, 0.2) is 0 Å². The van der Waals surface area contributed by atoms with Gasteiger partial charge in [0.2, 0.25) is 0 Å². The van der Waals surface area contributed by atoms with Crippen LogP contribution in [-0.4, -0.2) is 18.8 Å². The Morgan fingerprint density at radius 2 is 1.60 bits per heavy atom. The quantitative estimate of drug-likeness (QED) is 0.554. The van der Waals surface area contributed by atoms with Gasteiger partial charge in [0.05, 0.1) is 19.8 Å². The molecule has 0 saturated heterocycles. The number of methoxy groups -OCH3 is 1. The van der Waals surface area contributed by atoms with Gasteiger partial charge in [0, 0.05) is 11.3 Å². The average Bonchev–Trinajstić information content (AvgIpc) is 2.80. The maximum Gasteiger partial charge on any atom is 0.120 e. The van der Waals surface area contributed by atoms with Crippen molar-refractivity contribution in [2.45, 2.75) is 19.1 Å².